The lowest BCUT2D eigenvalue weighted by Gasteiger charge is -2.21. The molecular weight excluding hydrogens is 258 g/mol. The lowest BCUT2D eigenvalue weighted by atomic mass is 10.1. The van der Waals surface area contributed by atoms with Gasteiger partial charge >= 0.3 is 0 Å². The van der Waals surface area contributed by atoms with E-state index in [1.807, 2.05) is 18.2 Å². The number of fused-ring (bicyclic) bond motifs is 1. The van der Waals surface area contributed by atoms with Crippen LogP contribution in [0.3, 0.4) is 0 Å². The number of para-hydroxylation sites is 1. The third-order valence-corrected chi connectivity index (χ3v) is 3.49. The van der Waals surface area contributed by atoms with E-state index in [-0.39, 0.29) is 0 Å². The van der Waals surface area contributed by atoms with E-state index in [9.17, 15) is 0 Å². The van der Waals surface area contributed by atoms with Crippen molar-refractivity contribution in [2.45, 2.75) is 5.88 Å². The van der Waals surface area contributed by atoms with Gasteiger partial charge in [0.2, 0.25) is 0 Å². The predicted molar refractivity (Wildman–Crippen MR) is 83.1 cm³/mol. The highest BCUT2D eigenvalue weighted by atomic mass is 35.5. The largest absolute Gasteiger partial charge is 0.358 e. The Bertz CT molecular complexity index is 554. The van der Waals surface area contributed by atoms with E-state index in [1.165, 1.54) is 0 Å². The second-order valence-corrected chi connectivity index (χ2v) is 5.28. The van der Waals surface area contributed by atoms with Crippen LogP contribution in [0.25, 0.3) is 10.9 Å². The van der Waals surface area contributed by atoms with Crippen molar-refractivity contribution < 1.29 is 0 Å². The number of aromatic nitrogens is 1. The van der Waals surface area contributed by atoms with Crippen LogP contribution in [-0.4, -0.2) is 44.1 Å². The molecule has 0 fully saturated rings. The highest BCUT2D eigenvalue weighted by molar-refractivity contribution is 6.18. The van der Waals surface area contributed by atoms with Crippen molar-refractivity contribution in [1.82, 2.24) is 9.88 Å². The van der Waals surface area contributed by atoms with Crippen LogP contribution in [0, 0.1) is 0 Å². The smallest absolute Gasteiger partial charge is 0.129 e. The van der Waals surface area contributed by atoms with Crippen LogP contribution in [0.1, 0.15) is 5.56 Å². The lowest BCUT2D eigenvalue weighted by Crippen LogP contribution is -2.29. The second kappa shape index (κ2) is 6.22. The number of benzene rings is 1. The van der Waals surface area contributed by atoms with E-state index in [1.54, 1.807) is 0 Å². The predicted octanol–water partition coefficient (Wildman–Crippen LogP) is 2.97. The number of anilines is 1. The van der Waals surface area contributed by atoms with E-state index in [0.29, 0.717) is 5.88 Å². The number of hydrogen-bond acceptors (Lipinski definition) is 3. The molecule has 19 heavy (non-hydrogen) atoms. The molecule has 0 spiro atoms. The standard InChI is InChI=1S/C15H20ClN3/c1-18(2)8-9-19(3)15-10-12(11-16)13-6-4-5-7-14(13)17-15/h4-7,10H,8-9,11H2,1-3H3. The van der Waals surface area contributed by atoms with Gasteiger partial charge < -0.3 is 9.80 Å². The van der Waals surface area contributed by atoms with Gasteiger partial charge in [-0.15, -0.1) is 11.6 Å². The molecule has 0 N–H and O–H groups in total. The fraction of sp³-hybridized carbons (Fsp3) is 0.400. The van der Waals surface area contributed by atoms with E-state index in [0.717, 1.165) is 35.4 Å². The Balaban J connectivity index is 2.33. The maximum absolute atomic E-state index is 6.06. The van der Waals surface area contributed by atoms with Gasteiger partial charge in [0.05, 0.1) is 5.52 Å². The van der Waals surface area contributed by atoms with Gasteiger partial charge in [-0.05, 0) is 31.8 Å². The molecular formula is C15H20ClN3. The summed E-state index contributed by atoms with van der Waals surface area (Å²) >= 11 is 6.06. The molecule has 102 valence electrons. The maximum atomic E-state index is 6.06. The first-order valence-electron chi connectivity index (χ1n) is 6.42. The van der Waals surface area contributed by atoms with Crippen molar-refractivity contribution in [1.29, 1.82) is 0 Å². The number of pyridine rings is 1. The first-order chi connectivity index (χ1) is 9.11. The van der Waals surface area contributed by atoms with Crippen LogP contribution >= 0.6 is 11.6 Å². The molecule has 2 rings (SSSR count). The van der Waals surface area contributed by atoms with Gasteiger partial charge in [0.25, 0.3) is 0 Å². The Morgan fingerprint density at radius 3 is 2.53 bits per heavy atom. The maximum Gasteiger partial charge on any atom is 0.129 e. The van der Waals surface area contributed by atoms with Crippen LogP contribution in [-0.2, 0) is 5.88 Å². The third kappa shape index (κ3) is 3.37. The normalized spacial score (nSPS) is 11.2. The Labute approximate surface area is 119 Å². The molecule has 0 radical (unpaired) electrons. The van der Waals surface area contributed by atoms with Crippen molar-refractivity contribution in [3.05, 3.63) is 35.9 Å². The Kier molecular flexibility index (Phi) is 4.61. The van der Waals surface area contributed by atoms with E-state index < -0.39 is 0 Å². The summed E-state index contributed by atoms with van der Waals surface area (Å²) < 4.78 is 0. The first kappa shape index (κ1) is 14.1. The van der Waals surface area contributed by atoms with Gasteiger partial charge in [0.15, 0.2) is 0 Å². The van der Waals surface area contributed by atoms with Crippen LogP contribution in [0.4, 0.5) is 5.82 Å². The SMILES string of the molecule is CN(C)CCN(C)c1cc(CCl)c2ccccc2n1. The van der Waals surface area contributed by atoms with E-state index >= 15 is 0 Å². The molecule has 0 saturated carbocycles. The molecule has 2 aromatic rings. The topological polar surface area (TPSA) is 19.4 Å². The third-order valence-electron chi connectivity index (χ3n) is 3.21. The molecule has 0 aliphatic carbocycles. The summed E-state index contributed by atoms with van der Waals surface area (Å²) in [6.07, 6.45) is 0. The molecule has 1 aromatic heterocycles. The van der Waals surface area contributed by atoms with Crippen molar-refractivity contribution in [2.24, 2.45) is 0 Å². The summed E-state index contributed by atoms with van der Waals surface area (Å²) in [6, 6.07) is 10.2. The Morgan fingerprint density at radius 1 is 1.11 bits per heavy atom. The molecule has 0 amide bonds. The molecule has 0 unspecified atom stereocenters. The second-order valence-electron chi connectivity index (χ2n) is 5.02. The molecule has 0 bridgehead atoms. The monoisotopic (exact) mass is 277 g/mol. The minimum Gasteiger partial charge on any atom is -0.358 e. The number of alkyl halides is 1. The van der Waals surface area contributed by atoms with Crippen molar-refractivity contribution in [2.75, 3.05) is 39.1 Å². The minimum absolute atomic E-state index is 0.511. The average molecular weight is 278 g/mol. The molecule has 4 heteroatoms. The number of nitrogens with zero attached hydrogens (tertiary/aromatic N) is 3. The summed E-state index contributed by atoms with van der Waals surface area (Å²) in [6.45, 7) is 1.95. The average Bonchev–Trinajstić information content (AvgIpc) is 2.43. The van der Waals surface area contributed by atoms with Crippen LogP contribution in [0.5, 0.6) is 0 Å². The molecule has 1 heterocycles. The molecule has 3 nitrogen and oxygen atoms in total. The summed E-state index contributed by atoms with van der Waals surface area (Å²) in [5.41, 5.74) is 2.14. The van der Waals surface area contributed by atoms with Crippen LogP contribution < -0.4 is 4.90 Å². The van der Waals surface area contributed by atoms with Gasteiger partial charge in [-0.1, -0.05) is 18.2 Å². The van der Waals surface area contributed by atoms with Gasteiger partial charge in [-0.25, -0.2) is 4.98 Å². The molecule has 0 atom stereocenters. The van der Waals surface area contributed by atoms with Crippen molar-refractivity contribution in [3.63, 3.8) is 0 Å². The zero-order valence-corrected chi connectivity index (χ0v) is 12.5. The zero-order valence-electron chi connectivity index (χ0n) is 11.7. The molecule has 0 aliphatic rings. The quantitative estimate of drug-likeness (QED) is 0.784. The van der Waals surface area contributed by atoms with Gasteiger partial charge in [0, 0.05) is 31.4 Å². The minimum atomic E-state index is 0.511. The summed E-state index contributed by atoms with van der Waals surface area (Å²) in [4.78, 5) is 9.05. The Hall–Kier alpha value is -1.32. The fourth-order valence-corrected chi connectivity index (χ4v) is 2.22. The van der Waals surface area contributed by atoms with Gasteiger partial charge in [-0.2, -0.15) is 0 Å². The van der Waals surface area contributed by atoms with Crippen molar-refractivity contribution >= 4 is 28.3 Å². The number of likely N-dealkylation sites (N-methyl/N-ethyl adjacent to an activating group) is 2. The van der Waals surface area contributed by atoms with Crippen LogP contribution in [0.15, 0.2) is 30.3 Å². The zero-order chi connectivity index (χ0) is 13.8. The van der Waals surface area contributed by atoms with E-state index in [4.69, 9.17) is 16.6 Å². The molecule has 0 saturated heterocycles. The fourth-order valence-electron chi connectivity index (χ4n) is 2.00. The summed E-state index contributed by atoms with van der Waals surface area (Å²) in [5, 5.41) is 1.14. The number of rotatable bonds is 5. The lowest BCUT2D eigenvalue weighted by molar-refractivity contribution is 0.416. The number of halogens is 1. The first-order valence-corrected chi connectivity index (χ1v) is 6.95. The number of hydrogen-bond donors (Lipinski definition) is 0. The van der Waals surface area contributed by atoms with Crippen LogP contribution in [0.2, 0.25) is 0 Å². The van der Waals surface area contributed by atoms with Gasteiger partial charge in [0.1, 0.15) is 5.82 Å². The van der Waals surface area contributed by atoms with Gasteiger partial charge in [-0.3, -0.25) is 0 Å². The van der Waals surface area contributed by atoms with E-state index in [2.05, 4.69) is 43.1 Å². The molecule has 0 aliphatic heterocycles. The summed E-state index contributed by atoms with van der Waals surface area (Å²) in [5.74, 6) is 1.49. The van der Waals surface area contributed by atoms with Crippen molar-refractivity contribution in [3.8, 4) is 0 Å². The molecule has 1 aromatic carbocycles. The highest BCUT2D eigenvalue weighted by Crippen LogP contribution is 2.23. The highest BCUT2D eigenvalue weighted by Gasteiger charge is 2.08. The Morgan fingerprint density at radius 2 is 1.84 bits per heavy atom. The summed E-state index contributed by atoms with van der Waals surface area (Å²) in [7, 11) is 6.22.